The standard InChI is InChI=1S/C15H24BrNS/c1-10-12(16)9-13(18-10)14(17-4)11-7-5-6-8-15(11,2)3/h9,11,14,17H,5-8H2,1-4H3. The molecule has 1 aromatic rings. The summed E-state index contributed by atoms with van der Waals surface area (Å²) < 4.78 is 1.26. The zero-order chi connectivity index (χ0) is 13.3. The molecule has 1 aliphatic rings. The Labute approximate surface area is 123 Å². The van der Waals surface area contributed by atoms with Crippen LogP contribution in [0.4, 0.5) is 0 Å². The fourth-order valence-electron chi connectivity index (χ4n) is 3.32. The van der Waals surface area contributed by atoms with Gasteiger partial charge in [0.25, 0.3) is 0 Å². The van der Waals surface area contributed by atoms with E-state index in [1.165, 1.54) is 39.9 Å². The second-order valence-electron chi connectivity index (χ2n) is 6.16. The summed E-state index contributed by atoms with van der Waals surface area (Å²) in [4.78, 5) is 2.88. The third kappa shape index (κ3) is 2.83. The summed E-state index contributed by atoms with van der Waals surface area (Å²) in [6.07, 6.45) is 5.50. The van der Waals surface area contributed by atoms with E-state index in [9.17, 15) is 0 Å². The Balaban J connectivity index is 2.27. The van der Waals surface area contributed by atoms with Crippen molar-refractivity contribution < 1.29 is 0 Å². The molecule has 2 atom stereocenters. The molecule has 1 fully saturated rings. The number of nitrogens with one attached hydrogen (secondary N) is 1. The van der Waals surface area contributed by atoms with Gasteiger partial charge < -0.3 is 5.32 Å². The van der Waals surface area contributed by atoms with Crippen molar-refractivity contribution in [1.29, 1.82) is 0 Å². The highest BCUT2D eigenvalue weighted by Gasteiger charge is 2.38. The zero-order valence-electron chi connectivity index (χ0n) is 11.8. The second-order valence-corrected chi connectivity index (χ2v) is 8.30. The summed E-state index contributed by atoms with van der Waals surface area (Å²) in [5.41, 5.74) is 0.455. The van der Waals surface area contributed by atoms with Gasteiger partial charge in [-0.1, -0.05) is 26.7 Å². The van der Waals surface area contributed by atoms with Crippen LogP contribution >= 0.6 is 27.3 Å². The van der Waals surface area contributed by atoms with E-state index >= 15 is 0 Å². The SMILES string of the molecule is CNC(c1cc(Br)c(C)s1)C1CCCCC1(C)C. The molecule has 0 aromatic carbocycles. The highest BCUT2D eigenvalue weighted by molar-refractivity contribution is 9.10. The van der Waals surface area contributed by atoms with Crippen LogP contribution in [0.3, 0.4) is 0 Å². The molecule has 1 heterocycles. The number of aryl methyl sites for hydroxylation is 1. The van der Waals surface area contributed by atoms with Gasteiger partial charge in [0, 0.05) is 20.3 Å². The Morgan fingerprint density at radius 3 is 2.67 bits per heavy atom. The first-order chi connectivity index (χ1) is 8.45. The Hall–Kier alpha value is 0.140. The van der Waals surface area contributed by atoms with Crippen molar-refractivity contribution in [1.82, 2.24) is 5.32 Å². The van der Waals surface area contributed by atoms with E-state index in [-0.39, 0.29) is 0 Å². The van der Waals surface area contributed by atoms with Crippen molar-refractivity contribution in [2.24, 2.45) is 11.3 Å². The summed E-state index contributed by atoms with van der Waals surface area (Å²) >= 11 is 5.58. The molecule has 0 bridgehead atoms. The van der Waals surface area contributed by atoms with Crippen LogP contribution in [-0.2, 0) is 0 Å². The molecule has 0 radical (unpaired) electrons. The molecule has 102 valence electrons. The van der Waals surface area contributed by atoms with Gasteiger partial charge in [0.1, 0.15) is 0 Å². The summed E-state index contributed by atoms with van der Waals surface area (Å²) in [6, 6.07) is 2.82. The number of hydrogen-bond donors (Lipinski definition) is 1. The lowest BCUT2D eigenvalue weighted by Gasteiger charge is -2.43. The van der Waals surface area contributed by atoms with Crippen LogP contribution in [0.1, 0.15) is 55.3 Å². The maximum Gasteiger partial charge on any atom is 0.0446 e. The Morgan fingerprint density at radius 2 is 2.17 bits per heavy atom. The van der Waals surface area contributed by atoms with Gasteiger partial charge in [-0.15, -0.1) is 11.3 Å². The fourth-order valence-corrected chi connectivity index (χ4v) is 5.05. The molecule has 18 heavy (non-hydrogen) atoms. The smallest absolute Gasteiger partial charge is 0.0446 e. The molecule has 0 aliphatic heterocycles. The van der Waals surface area contributed by atoms with Gasteiger partial charge in [0.15, 0.2) is 0 Å². The minimum Gasteiger partial charge on any atom is -0.312 e. The maximum absolute atomic E-state index is 3.65. The van der Waals surface area contributed by atoms with Crippen LogP contribution in [0.15, 0.2) is 10.5 Å². The molecule has 1 aliphatic carbocycles. The van der Waals surface area contributed by atoms with Crippen LogP contribution in [0, 0.1) is 18.3 Å². The topological polar surface area (TPSA) is 12.0 Å². The summed E-state index contributed by atoms with van der Waals surface area (Å²) in [5, 5.41) is 3.57. The van der Waals surface area contributed by atoms with Gasteiger partial charge in [-0.2, -0.15) is 0 Å². The molecule has 2 unspecified atom stereocenters. The van der Waals surface area contributed by atoms with Crippen LogP contribution in [0.5, 0.6) is 0 Å². The lowest BCUT2D eigenvalue weighted by atomic mass is 9.65. The summed E-state index contributed by atoms with van der Waals surface area (Å²) in [7, 11) is 2.11. The summed E-state index contributed by atoms with van der Waals surface area (Å²) in [6.45, 7) is 7.07. The van der Waals surface area contributed by atoms with Gasteiger partial charge in [0.2, 0.25) is 0 Å². The Kier molecular flexibility index (Phi) is 4.56. The van der Waals surface area contributed by atoms with Crippen molar-refractivity contribution in [2.45, 2.75) is 52.5 Å². The van der Waals surface area contributed by atoms with Gasteiger partial charge in [-0.05, 0) is 60.1 Å². The molecule has 0 amide bonds. The first kappa shape index (κ1) is 14.5. The second kappa shape index (κ2) is 5.64. The maximum atomic E-state index is 3.65. The van der Waals surface area contributed by atoms with Crippen molar-refractivity contribution in [3.8, 4) is 0 Å². The first-order valence-corrected chi connectivity index (χ1v) is 8.50. The zero-order valence-corrected chi connectivity index (χ0v) is 14.2. The van der Waals surface area contributed by atoms with Crippen LogP contribution < -0.4 is 5.32 Å². The van der Waals surface area contributed by atoms with Gasteiger partial charge >= 0.3 is 0 Å². The Bertz CT molecular complexity index is 391. The van der Waals surface area contributed by atoms with Gasteiger partial charge in [-0.25, -0.2) is 0 Å². The highest BCUT2D eigenvalue weighted by atomic mass is 79.9. The molecule has 1 aromatic heterocycles. The minimum absolute atomic E-state index is 0.455. The van der Waals surface area contributed by atoms with Crippen molar-refractivity contribution in [2.75, 3.05) is 7.05 Å². The van der Waals surface area contributed by atoms with E-state index in [2.05, 4.69) is 55.1 Å². The van der Waals surface area contributed by atoms with E-state index in [4.69, 9.17) is 0 Å². The predicted octanol–water partition coefficient (Wildman–Crippen LogP) is 5.30. The Morgan fingerprint density at radius 1 is 1.44 bits per heavy atom. The normalized spacial score (nSPS) is 25.1. The molecule has 0 spiro atoms. The number of rotatable bonds is 3. The van der Waals surface area contributed by atoms with E-state index in [1.807, 2.05) is 11.3 Å². The molecular formula is C15H24BrNS. The lowest BCUT2D eigenvalue weighted by molar-refractivity contribution is 0.102. The average molecular weight is 330 g/mol. The van der Waals surface area contributed by atoms with E-state index in [1.54, 1.807) is 0 Å². The number of halogens is 1. The summed E-state index contributed by atoms with van der Waals surface area (Å²) in [5.74, 6) is 0.751. The molecule has 2 rings (SSSR count). The molecule has 3 heteroatoms. The molecular weight excluding hydrogens is 306 g/mol. The van der Waals surface area contributed by atoms with Gasteiger partial charge in [-0.3, -0.25) is 0 Å². The van der Waals surface area contributed by atoms with Gasteiger partial charge in [0.05, 0.1) is 0 Å². The fraction of sp³-hybridized carbons (Fsp3) is 0.733. The third-order valence-corrected chi connectivity index (χ3v) is 6.71. The average Bonchev–Trinajstić information content (AvgIpc) is 2.62. The minimum atomic E-state index is 0.455. The number of thiophene rings is 1. The first-order valence-electron chi connectivity index (χ1n) is 6.89. The van der Waals surface area contributed by atoms with Crippen molar-refractivity contribution >= 4 is 27.3 Å². The largest absolute Gasteiger partial charge is 0.312 e. The quantitative estimate of drug-likeness (QED) is 0.793. The lowest BCUT2D eigenvalue weighted by Crippen LogP contribution is -2.37. The van der Waals surface area contributed by atoms with Crippen molar-refractivity contribution in [3.63, 3.8) is 0 Å². The van der Waals surface area contributed by atoms with E-state index in [0.29, 0.717) is 11.5 Å². The monoisotopic (exact) mass is 329 g/mol. The molecule has 0 saturated heterocycles. The van der Waals surface area contributed by atoms with Crippen LogP contribution in [0.2, 0.25) is 0 Å². The van der Waals surface area contributed by atoms with E-state index < -0.39 is 0 Å². The van der Waals surface area contributed by atoms with Crippen LogP contribution in [-0.4, -0.2) is 7.05 Å². The van der Waals surface area contributed by atoms with Crippen LogP contribution in [0.25, 0.3) is 0 Å². The molecule has 1 saturated carbocycles. The number of hydrogen-bond acceptors (Lipinski definition) is 2. The van der Waals surface area contributed by atoms with E-state index in [0.717, 1.165) is 5.92 Å². The highest BCUT2D eigenvalue weighted by Crippen LogP contribution is 2.48. The molecule has 1 nitrogen and oxygen atoms in total. The van der Waals surface area contributed by atoms with Crippen molar-refractivity contribution in [3.05, 3.63) is 20.3 Å². The third-order valence-electron chi connectivity index (χ3n) is 4.49. The predicted molar refractivity (Wildman–Crippen MR) is 84.3 cm³/mol. The molecule has 1 N–H and O–H groups in total.